The quantitative estimate of drug-likeness (QED) is 0.581. The van der Waals surface area contributed by atoms with Gasteiger partial charge in [-0.2, -0.15) is 13.2 Å². The summed E-state index contributed by atoms with van der Waals surface area (Å²) in [6.07, 6.45) is -5.72. The molecule has 0 aromatic heterocycles. The summed E-state index contributed by atoms with van der Waals surface area (Å²) in [5.74, 6) is -1.98. The molecular formula is C5H7F3N2O2. The summed E-state index contributed by atoms with van der Waals surface area (Å²) in [7, 11) is 0. The SMILES string of the molecule is O=C(NC1CNCO1)C(F)(F)F. The third-order valence-corrected chi connectivity index (χ3v) is 1.27. The van der Waals surface area contributed by atoms with Gasteiger partial charge in [-0.15, -0.1) is 0 Å². The smallest absolute Gasteiger partial charge is 0.342 e. The number of hydrogen-bond donors (Lipinski definition) is 2. The van der Waals surface area contributed by atoms with Crippen molar-refractivity contribution >= 4 is 5.91 Å². The fourth-order valence-electron chi connectivity index (χ4n) is 0.729. The molecule has 4 nitrogen and oxygen atoms in total. The molecule has 70 valence electrons. The molecule has 0 aromatic rings. The summed E-state index contributed by atoms with van der Waals surface area (Å²) >= 11 is 0. The van der Waals surface area contributed by atoms with Crippen LogP contribution < -0.4 is 10.6 Å². The highest BCUT2D eigenvalue weighted by atomic mass is 19.4. The first-order chi connectivity index (χ1) is 5.50. The fraction of sp³-hybridized carbons (Fsp3) is 0.800. The van der Waals surface area contributed by atoms with Crippen LogP contribution in [0, 0.1) is 0 Å². The van der Waals surface area contributed by atoms with Crippen LogP contribution in [0.5, 0.6) is 0 Å². The number of alkyl halides is 3. The van der Waals surface area contributed by atoms with Gasteiger partial charge in [0.05, 0.1) is 6.73 Å². The van der Waals surface area contributed by atoms with Crippen molar-refractivity contribution < 1.29 is 22.7 Å². The lowest BCUT2D eigenvalue weighted by Gasteiger charge is -2.12. The summed E-state index contributed by atoms with van der Waals surface area (Å²) in [4.78, 5) is 10.3. The van der Waals surface area contributed by atoms with Crippen molar-refractivity contribution in [2.75, 3.05) is 13.3 Å². The van der Waals surface area contributed by atoms with Crippen molar-refractivity contribution in [1.82, 2.24) is 10.6 Å². The third-order valence-electron chi connectivity index (χ3n) is 1.27. The van der Waals surface area contributed by atoms with E-state index in [1.54, 1.807) is 5.32 Å². The molecule has 0 aliphatic carbocycles. The highest BCUT2D eigenvalue weighted by Gasteiger charge is 2.40. The lowest BCUT2D eigenvalue weighted by atomic mass is 10.5. The first kappa shape index (κ1) is 9.27. The number of carbonyl (C=O) groups is 1. The van der Waals surface area contributed by atoms with Crippen molar-refractivity contribution in [2.24, 2.45) is 0 Å². The van der Waals surface area contributed by atoms with E-state index < -0.39 is 18.3 Å². The van der Waals surface area contributed by atoms with E-state index in [-0.39, 0.29) is 13.3 Å². The zero-order valence-corrected chi connectivity index (χ0v) is 5.94. The Bertz CT molecular complexity index is 176. The minimum absolute atomic E-state index is 0.156. The molecule has 0 radical (unpaired) electrons. The van der Waals surface area contributed by atoms with E-state index in [4.69, 9.17) is 0 Å². The summed E-state index contributed by atoms with van der Waals surface area (Å²) in [6, 6.07) is 0. The minimum atomic E-state index is -4.84. The third kappa shape index (κ3) is 2.35. The van der Waals surface area contributed by atoms with Crippen LogP contribution in [0.3, 0.4) is 0 Å². The molecular weight excluding hydrogens is 177 g/mol. The molecule has 1 rings (SSSR count). The summed E-state index contributed by atoms with van der Waals surface area (Å²) < 4.78 is 39.5. The molecule has 0 aromatic carbocycles. The second-order valence-corrected chi connectivity index (χ2v) is 2.22. The highest BCUT2D eigenvalue weighted by Crippen LogP contribution is 2.14. The largest absolute Gasteiger partial charge is 0.471 e. The maximum atomic E-state index is 11.6. The standard InChI is InChI=1S/C5H7F3N2O2/c6-5(7,8)4(11)10-3-1-9-2-12-3/h3,9H,1-2H2,(H,10,11). The molecule has 1 aliphatic rings. The molecule has 0 saturated carbocycles. The van der Waals surface area contributed by atoms with Crippen molar-refractivity contribution in [2.45, 2.75) is 12.4 Å². The van der Waals surface area contributed by atoms with Crippen LogP contribution in [0.4, 0.5) is 13.2 Å². The lowest BCUT2D eigenvalue weighted by molar-refractivity contribution is -0.176. The molecule has 1 unspecified atom stereocenters. The topological polar surface area (TPSA) is 50.4 Å². The van der Waals surface area contributed by atoms with Crippen molar-refractivity contribution in [3.63, 3.8) is 0 Å². The molecule has 12 heavy (non-hydrogen) atoms. The van der Waals surface area contributed by atoms with Crippen molar-refractivity contribution in [1.29, 1.82) is 0 Å². The average molecular weight is 184 g/mol. The number of rotatable bonds is 1. The number of nitrogens with one attached hydrogen (secondary N) is 2. The Kier molecular flexibility index (Phi) is 2.53. The second-order valence-electron chi connectivity index (χ2n) is 2.22. The normalized spacial score (nSPS) is 24.1. The van der Waals surface area contributed by atoms with Crippen LogP contribution in [0.15, 0.2) is 0 Å². The van der Waals surface area contributed by atoms with Gasteiger partial charge in [0.2, 0.25) is 0 Å². The second kappa shape index (κ2) is 3.28. The molecule has 7 heteroatoms. The van der Waals surface area contributed by atoms with Gasteiger partial charge in [-0.25, -0.2) is 0 Å². The zero-order chi connectivity index (χ0) is 9.19. The van der Waals surface area contributed by atoms with Crippen molar-refractivity contribution in [3.05, 3.63) is 0 Å². The van der Waals surface area contributed by atoms with E-state index in [1.807, 2.05) is 0 Å². The maximum Gasteiger partial charge on any atom is 0.471 e. The Morgan fingerprint density at radius 2 is 2.25 bits per heavy atom. The number of halogens is 3. The maximum absolute atomic E-state index is 11.6. The van der Waals surface area contributed by atoms with Gasteiger partial charge in [0.15, 0.2) is 0 Å². The van der Waals surface area contributed by atoms with E-state index in [2.05, 4.69) is 10.1 Å². The Hall–Kier alpha value is -0.820. The van der Waals surface area contributed by atoms with E-state index in [9.17, 15) is 18.0 Å². The zero-order valence-electron chi connectivity index (χ0n) is 5.94. The van der Waals surface area contributed by atoms with E-state index in [0.29, 0.717) is 0 Å². The molecule has 1 aliphatic heterocycles. The molecule has 2 N–H and O–H groups in total. The van der Waals surface area contributed by atoms with Crippen LogP contribution in [0.25, 0.3) is 0 Å². The first-order valence-corrected chi connectivity index (χ1v) is 3.20. The Balaban J connectivity index is 2.35. The van der Waals surface area contributed by atoms with Crippen LogP contribution >= 0.6 is 0 Å². The van der Waals surface area contributed by atoms with Gasteiger partial charge in [0.1, 0.15) is 6.23 Å². The first-order valence-electron chi connectivity index (χ1n) is 3.20. The Morgan fingerprint density at radius 1 is 1.58 bits per heavy atom. The van der Waals surface area contributed by atoms with Crippen LogP contribution in [0.2, 0.25) is 0 Å². The molecule has 1 saturated heterocycles. The number of carbonyl (C=O) groups excluding carboxylic acids is 1. The predicted octanol–water partition coefficient (Wildman–Crippen LogP) is -0.432. The number of ether oxygens (including phenoxy) is 1. The van der Waals surface area contributed by atoms with E-state index in [0.717, 1.165) is 0 Å². The molecule has 1 fully saturated rings. The molecule has 0 spiro atoms. The van der Waals surface area contributed by atoms with Gasteiger partial charge in [0.25, 0.3) is 0 Å². The highest BCUT2D eigenvalue weighted by molar-refractivity contribution is 5.81. The average Bonchev–Trinajstić information content (AvgIpc) is 2.37. The number of hydrogen-bond acceptors (Lipinski definition) is 3. The Labute approximate surface area is 66.1 Å². The Morgan fingerprint density at radius 3 is 2.67 bits per heavy atom. The van der Waals surface area contributed by atoms with E-state index in [1.165, 1.54) is 0 Å². The van der Waals surface area contributed by atoms with Gasteiger partial charge in [0, 0.05) is 6.54 Å². The van der Waals surface area contributed by atoms with Crippen LogP contribution in [-0.2, 0) is 9.53 Å². The minimum Gasteiger partial charge on any atom is -0.342 e. The van der Waals surface area contributed by atoms with Crippen molar-refractivity contribution in [3.8, 4) is 0 Å². The molecule has 1 amide bonds. The van der Waals surface area contributed by atoms with E-state index >= 15 is 0 Å². The van der Waals surface area contributed by atoms with Gasteiger partial charge < -0.3 is 10.1 Å². The van der Waals surface area contributed by atoms with Crippen LogP contribution in [-0.4, -0.2) is 31.6 Å². The van der Waals surface area contributed by atoms with Crippen LogP contribution in [0.1, 0.15) is 0 Å². The van der Waals surface area contributed by atoms with Gasteiger partial charge in [-0.05, 0) is 0 Å². The summed E-state index contributed by atoms with van der Waals surface area (Å²) in [5, 5.41) is 4.29. The van der Waals surface area contributed by atoms with Gasteiger partial charge >= 0.3 is 12.1 Å². The van der Waals surface area contributed by atoms with Gasteiger partial charge in [-0.1, -0.05) is 0 Å². The lowest BCUT2D eigenvalue weighted by Crippen LogP contribution is -2.44. The number of amides is 1. The van der Waals surface area contributed by atoms with Gasteiger partial charge in [-0.3, -0.25) is 10.1 Å². The summed E-state index contributed by atoms with van der Waals surface area (Å²) in [6.45, 7) is 0.352. The molecule has 0 bridgehead atoms. The molecule has 1 heterocycles. The predicted molar refractivity (Wildman–Crippen MR) is 31.9 cm³/mol. The summed E-state index contributed by atoms with van der Waals surface area (Å²) in [5.41, 5.74) is 0. The fourth-order valence-corrected chi connectivity index (χ4v) is 0.729. The molecule has 1 atom stereocenters. The monoisotopic (exact) mass is 184 g/mol.